The molecule has 1 saturated carbocycles. The van der Waals surface area contributed by atoms with Gasteiger partial charge in [-0.05, 0) is 54.2 Å². The number of rotatable bonds is 4. The van der Waals surface area contributed by atoms with Crippen LogP contribution in [0.15, 0.2) is 42.7 Å². The molecule has 0 amide bonds. The van der Waals surface area contributed by atoms with Crippen molar-refractivity contribution < 1.29 is 9.84 Å². The topological polar surface area (TPSA) is 59.3 Å². The number of aromatic hydroxyl groups is 1. The molecule has 1 aliphatic heterocycles. The third kappa shape index (κ3) is 6.49. The lowest BCUT2D eigenvalue weighted by molar-refractivity contribution is 0.314. The van der Waals surface area contributed by atoms with E-state index >= 15 is 0 Å². The largest absolute Gasteiger partial charge is 0.504 e. The molecule has 1 unspecified atom stereocenters. The maximum absolute atomic E-state index is 9.90. The zero-order valence-corrected chi connectivity index (χ0v) is 20.5. The van der Waals surface area contributed by atoms with Crippen molar-refractivity contribution in [1.29, 1.82) is 0 Å². The smallest absolute Gasteiger partial charge is 0.161 e. The SMILES string of the molecule is C=C1CC(c2ccc(O)c(OC)c2)=Cc2nccn2C1NC1CCCCC1.CC.CCC. The molecule has 4 rings (SSSR count). The van der Waals surface area contributed by atoms with Gasteiger partial charge in [-0.25, -0.2) is 4.98 Å². The second-order valence-electron chi connectivity index (χ2n) is 8.20. The van der Waals surface area contributed by atoms with Crippen LogP contribution in [0.1, 0.15) is 90.2 Å². The van der Waals surface area contributed by atoms with Crippen LogP contribution in [-0.4, -0.2) is 27.8 Å². The van der Waals surface area contributed by atoms with E-state index in [1.54, 1.807) is 13.2 Å². The van der Waals surface area contributed by atoms with Gasteiger partial charge in [-0.15, -0.1) is 0 Å². The molecule has 1 aromatic heterocycles. The molecule has 0 spiro atoms. The number of hydrogen-bond donors (Lipinski definition) is 2. The highest BCUT2D eigenvalue weighted by Crippen LogP contribution is 2.37. The van der Waals surface area contributed by atoms with Crippen LogP contribution in [0.3, 0.4) is 0 Å². The van der Waals surface area contributed by atoms with Gasteiger partial charge >= 0.3 is 0 Å². The summed E-state index contributed by atoms with van der Waals surface area (Å²) in [6.45, 7) is 12.7. The van der Waals surface area contributed by atoms with Gasteiger partial charge in [0.05, 0.1) is 7.11 Å². The van der Waals surface area contributed by atoms with Gasteiger partial charge in [0.25, 0.3) is 0 Å². The number of imidazole rings is 1. The Bertz CT molecular complexity index is 879. The summed E-state index contributed by atoms with van der Waals surface area (Å²) in [6.07, 6.45) is 14.4. The van der Waals surface area contributed by atoms with Crippen LogP contribution in [0.5, 0.6) is 11.5 Å². The van der Waals surface area contributed by atoms with Gasteiger partial charge in [0.15, 0.2) is 11.5 Å². The number of allylic oxidation sites excluding steroid dienone is 1. The van der Waals surface area contributed by atoms with E-state index in [4.69, 9.17) is 4.74 Å². The summed E-state index contributed by atoms with van der Waals surface area (Å²) in [4.78, 5) is 4.56. The Morgan fingerprint density at radius 3 is 2.53 bits per heavy atom. The minimum atomic E-state index is 0.0540. The summed E-state index contributed by atoms with van der Waals surface area (Å²) in [5.41, 5.74) is 3.26. The first-order valence-corrected chi connectivity index (χ1v) is 12.1. The lowest BCUT2D eigenvalue weighted by atomic mass is 9.94. The number of phenolic OH excluding ortho intramolecular Hbond substituents is 1. The molecule has 0 saturated heterocycles. The quantitative estimate of drug-likeness (QED) is 0.506. The summed E-state index contributed by atoms with van der Waals surface area (Å²) in [5, 5.41) is 13.7. The van der Waals surface area contributed by atoms with Crippen molar-refractivity contribution in [3.05, 3.63) is 54.1 Å². The fourth-order valence-electron chi connectivity index (χ4n) is 4.15. The molecule has 0 radical (unpaired) electrons. The van der Waals surface area contributed by atoms with E-state index in [1.165, 1.54) is 38.5 Å². The summed E-state index contributed by atoms with van der Waals surface area (Å²) < 4.78 is 7.46. The monoisotopic (exact) mass is 439 g/mol. The highest BCUT2D eigenvalue weighted by Gasteiger charge is 2.26. The molecule has 5 heteroatoms. The van der Waals surface area contributed by atoms with Crippen molar-refractivity contribution in [2.75, 3.05) is 7.11 Å². The normalized spacial score (nSPS) is 18.2. The number of nitrogens with one attached hydrogen (secondary N) is 1. The highest BCUT2D eigenvalue weighted by molar-refractivity contribution is 5.82. The van der Waals surface area contributed by atoms with Gasteiger partial charge in [-0.1, -0.05) is 66.0 Å². The predicted molar refractivity (Wildman–Crippen MR) is 135 cm³/mol. The number of nitrogens with zero attached hydrogens (tertiary/aromatic N) is 2. The van der Waals surface area contributed by atoms with Crippen LogP contribution in [0.2, 0.25) is 0 Å². The first kappa shape index (κ1) is 25.7. The van der Waals surface area contributed by atoms with E-state index in [-0.39, 0.29) is 11.9 Å². The van der Waals surface area contributed by atoms with Gasteiger partial charge in [-0.2, -0.15) is 0 Å². The van der Waals surface area contributed by atoms with E-state index in [2.05, 4.69) is 41.4 Å². The molecule has 32 heavy (non-hydrogen) atoms. The molecule has 0 bridgehead atoms. The van der Waals surface area contributed by atoms with Crippen LogP contribution >= 0.6 is 0 Å². The molecule has 1 aliphatic carbocycles. The molecule has 1 fully saturated rings. The van der Waals surface area contributed by atoms with Crippen molar-refractivity contribution >= 4 is 11.6 Å². The standard InChI is InChI=1S/C22H27N3O2.C3H8.C2H6/c1-15-12-17(16-8-9-19(26)20(13-16)27-2)14-21-23-10-11-25(21)22(15)24-18-6-4-3-5-7-18;1-3-2;1-2/h8-11,13-14,18,22,24,26H,1,3-7,12H2,2H3;3H2,1-2H3;1-2H3. The Kier molecular flexibility index (Phi) is 10.5. The number of hydrogen-bond acceptors (Lipinski definition) is 4. The minimum absolute atomic E-state index is 0.0540. The van der Waals surface area contributed by atoms with Gasteiger partial charge in [0.2, 0.25) is 0 Å². The van der Waals surface area contributed by atoms with E-state index in [9.17, 15) is 5.11 Å². The summed E-state index contributed by atoms with van der Waals surface area (Å²) >= 11 is 0. The number of fused-ring (bicyclic) bond motifs is 1. The Balaban J connectivity index is 0.000000671. The maximum Gasteiger partial charge on any atom is 0.161 e. The Morgan fingerprint density at radius 1 is 1.19 bits per heavy atom. The summed E-state index contributed by atoms with van der Waals surface area (Å²) in [5.74, 6) is 1.54. The lowest BCUT2D eigenvalue weighted by Gasteiger charge is -2.30. The number of methoxy groups -OCH3 is 1. The first-order chi connectivity index (χ1) is 15.6. The summed E-state index contributed by atoms with van der Waals surface area (Å²) in [7, 11) is 1.57. The molecule has 5 nitrogen and oxygen atoms in total. The van der Waals surface area contributed by atoms with Crippen molar-refractivity contribution in [2.45, 2.75) is 84.8 Å². The average molecular weight is 440 g/mol. The fourth-order valence-corrected chi connectivity index (χ4v) is 4.15. The molecule has 2 aromatic rings. The second-order valence-corrected chi connectivity index (χ2v) is 8.20. The van der Waals surface area contributed by atoms with Crippen LogP contribution in [-0.2, 0) is 0 Å². The molecule has 1 aromatic carbocycles. The number of aromatic nitrogens is 2. The third-order valence-corrected chi connectivity index (χ3v) is 5.63. The van der Waals surface area contributed by atoms with Crippen molar-refractivity contribution in [3.8, 4) is 11.5 Å². The predicted octanol–water partition coefficient (Wildman–Crippen LogP) is 6.96. The van der Waals surface area contributed by atoms with Gasteiger partial charge < -0.3 is 14.4 Å². The van der Waals surface area contributed by atoms with E-state index in [1.807, 2.05) is 38.4 Å². The van der Waals surface area contributed by atoms with Crippen molar-refractivity contribution in [1.82, 2.24) is 14.9 Å². The molecule has 176 valence electrons. The van der Waals surface area contributed by atoms with Crippen molar-refractivity contribution in [3.63, 3.8) is 0 Å². The molecular formula is C27H41N3O2. The second kappa shape index (κ2) is 13.1. The van der Waals surface area contributed by atoms with E-state index in [0.29, 0.717) is 11.8 Å². The Hall–Kier alpha value is -2.53. The fraction of sp³-hybridized carbons (Fsp3) is 0.519. The summed E-state index contributed by atoms with van der Waals surface area (Å²) in [6, 6.07) is 5.99. The van der Waals surface area contributed by atoms with Gasteiger partial charge in [0, 0.05) is 18.4 Å². The van der Waals surface area contributed by atoms with Crippen LogP contribution in [0.25, 0.3) is 11.6 Å². The van der Waals surface area contributed by atoms with Crippen molar-refractivity contribution in [2.24, 2.45) is 0 Å². The maximum atomic E-state index is 9.90. The molecule has 2 aliphatic rings. The highest BCUT2D eigenvalue weighted by atomic mass is 16.5. The van der Waals surface area contributed by atoms with Crippen LogP contribution in [0.4, 0.5) is 0 Å². The van der Waals surface area contributed by atoms with E-state index < -0.39 is 0 Å². The average Bonchev–Trinajstić information content (AvgIpc) is 3.23. The third-order valence-electron chi connectivity index (χ3n) is 5.63. The number of phenols is 1. The van der Waals surface area contributed by atoms with Gasteiger partial charge in [0.1, 0.15) is 12.0 Å². The zero-order valence-electron chi connectivity index (χ0n) is 20.5. The Labute approximate surface area is 194 Å². The van der Waals surface area contributed by atoms with Gasteiger partial charge in [-0.3, -0.25) is 5.32 Å². The molecular weight excluding hydrogens is 398 g/mol. The van der Waals surface area contributed by atoms with Crippen LogP contribution < -0.4 is 10.1 Å². The molecule has 2 heterocycles. The first-order valence-electron chi connectivity index (χ1n) is 12.1. The molecule has 2 N–H and O–H groups in total. The molecule has 1 atom stereocenters. The lowest BCUT2D eigenvalue weighted by Crippen LogP contribution is -2.38. The number of ether oxygens (including phenoxy) is 1. The Morgan fingerprint density at radius 2 is 1.88 bits per heavy atom. The number of benzene rings is 1. The minimum Gasteiger partial charge on any atom is -0.504 e. The van der Waals surface area contributed by atoms with Crippen LogP contribution in [0, 0.1) is 0 Å². The van der Waals surface area contributed by atoms with E-state index in [0.717, 1.165) is 29.0 Å². The zero-order chi connectivity index (χ0) is 23.5.